The van der Waals surface area contributed by atoms with Crippen molar-refractivity contribution in [3.8, 4) is 0 Å². The average Bonchev–Trinajstić information content (AvgIpc) is 2.43. The number of anilines is 1. The zero-order valence-corrected chi connectivity index (χ0v) is 11.8. The summed E-state index contributed by atoms with van der Waals surface area (Å²) < 4.78 is 0. The van der Waals surface area contributed by atoms with Gasteiger partial charge in [0.1, 0.15) is 0 Å². The van der Waals surface area contributed by atoms with Gasteiger partial charge in [-0.2, -0.15) is 0 Å². The second-order valence-corrected chi connectivity index (χ2v) is 5.05. The number of carbonyl (C=O) groups excluding carboxylic acids is 1. The van der Waals surface area contributed by atoms with Crippen molar-refractivity contribution in [2.45, 2.75) is 25.8 Å². The molecular formula is C15H23N3O. The Balaban J connectivity index is 2.27. The van der Waals surface area contributed by atoms with Crippen LogP contribution in [0.3, 0.4) is 0 Å². The Morgan fingerprint density at radius 1 is 1.32 bits per heavy atom. The monoisotopic (exact) mass is 261 g/mol. The molecular weight excluding hydrogens is 238 g/mol. The number of likely N-dealkylation sites (N-methyl/N-ethyl adjacent to an activating group) is 1. The van der Waals surface area contributed by atoms with Crippen LogP contribution in [0.4, 0.5) is 5.69 Å². The van der Waals surface area contributed by atoms with Crippen molar-refractivity contribution in [1.29, 1.82) is 0 Å². The van der Waals surface area contributed by atoms with Gasteiger partial charge in [-0.15, -0.1) is 0 Å². The van der Waals surface area contributed by atoms with Crippen molar-refractivity contribution in [2.24, 2.45) is 5.73 Å². The van der Waals surface area contributed by atoms with Gasteiger partial charge in [0.25, 0.3) is 0 Å². The van der Waals surface area contributed by atoms with Gasteiger partial charge in [0.05, 0.1) is 6.04 Å². The first kappa shape index (κ1) is 14.0. The minimum Gasteiger partial charge on any atom is -0.330 e. The lowest BCUT2D eigenvalue weighted by Crippen LogP contribution is -2.56. The maximum Gasteiger partial charge on any atom is 0.244 e. The van der Waals surface area contributed by atoms with Crippen molar-refractivity contribution in [2.75, 3.05) is 31.6 Å². The van der Waals surface area contributed by atoms with E-state index in [1.807, 2.05) is 30.1 Å². The van der Waals surface area contributed by atoms with E-state index in [0.29, 0.717) is 6.54 Å². The molecule has 0 saturated carbocycles. The maximum atomic E-state index is 12.6. The van der Waals surface area contributed by atoms with E-state index in [1.54, 1.807) is 0 Å². The van der Waals surface area contributed by atoms with Gasteiger partial charge in [-0.3, -0.25) is 9.69 Å². The average molecular weight is 261 g/mol. The summed E-state index contributed by atoms with van der Waals surface area (Å²) >= 11 is 0. The molecule has 0 aromatic heterocycles. The van der Waals surface area contributed by atoms with Gasteiger partial charge in [0, 0.05) is 18.8 Å². The molecule has 1 amide bonds. The Kier molecular flexibility index (Phi) is 4.56. The van der Waals surface area contributed by atoms with E-state index in [2.05, 4.69) is 17.9 Å². The summed E-state index contributed by atoms with van der Waals surface area (Å²) in [5.41, 5.74) is 7.92. The Bertz CT molecular complexity index is 447. The summed E-state index contributed by atoms with van der Waals surface area (Å²) in [7, 11) is 2.00. The van der Waals surface area contributed by atoms with E-state index >= 15 is 0 Å². The van der Waals surface area contributed by atoms with Crippen LogP contribution in [0.1, 0.15) is 18.9 Å². The molecule has 1 aliphatic heterocycles. The number of nitrogens with two attached hydrogens (primary N) is 1. The zero-order valence-electron chi connectivity index (χ0n) is 11.8. The van der Waals surface area contributed by atoms with Crippen molar-refractivity contribution >= 4 is 11.6 Å². The third kappa shape index (κ3) is 2.80. The molecule has 2 N–H and O–H groups in total. The molecule has 1 heterocycles. The largest absolute Gasteiger partial charge is 0.330 e. The number of piperazine rings is 1. The van der Waals surface area contributed by atoms with Crippen LogP contribution in [0, 0.1) is 0 Å². The third-order valence-corrected chi connectivity index (χ3v) is 3.86. The number of aryl methyl sites for hydroxylation is 1. The first-order valence-electron chi connectivity index (χ1n) is 6.98. The van der Waals surface area contributed by atoms with E-state index < -0.39 is 0 Å². The van der Waals surface area contributed by atoms with E-state index in [4.69, 9.17) is 5.73 Å². The Labute approximate surface area is 115 Å². The normalized spacial score (nSPS) is 20.9. The Hall–Kier alpha value is -1.39. The molecule has 1 fully saturated rings. The highest BCUT2D eigenvalue weighted by atomic mass is 16.2. The minimum atomic E-state index is -0.0799. The summed E-state index contributed by atoms with van der Waals surface area (Å²) in [5, 5.41) is 0. The predicted molar refractivity (Wildman–Crippen MR) is 78.3 cm³/mol. The van der Waals surface area contributed by atoms with Crippen LogP contribution >= 0.6 is 0 Å². The molecule has 4 nitrogen and oxygen atoms in total. The minimum absolute atomic E-state index is 0.0799. The summed E-state index contributed by atoms with van der Waals surface area (Å²) in [6, 6.07) is 8.09. The van der Waals surface area contributed by atoms with Gasteiger partial charge in [0.15, 0.2) is 0 Å². The molecule has 1 aliphatic rings. The molecule has 1 atom stereocenters. The molecule has 19 heavy (non-hydrogen) atoms. The van der Waals surface area contributed by atoms with Gasteiger partial charge >= 0.3 is 0 Å². The molecule has 1 saturated heterocycles. The fourth-order valence-corrected chi connectivity index (χ4v) is 2.71. The molecule has 0 bridgehead atoms. The lowest BCUT2D eigenvalue weighted by molar-refractivity contribution is -0.125. The summed E-state index contributed by atoms with van der Waals surface area (Å²) in [6.45, 7) is 4.32. The topological polar surface area (TPSA) is 49.6 Å². The highest BCUT2D eigenvalue weighted by molar-refractivity contribution is 5.98. The van der Waals surface area contributed by atoms with Crippen molar-refractivity contribution in [3.63, 3.8) is 0 Å². The van der Waals surface area contributed by atoms with Crippen LogP contribution < -0.4 is 10.6 Å². The molecule has 0 spiro atoms. The molecule has 1 aromatic rings. The fraction of sp³-hybridized carbons (Fsp3) is 0.533. The quantitative estimate of drug-likeness (QED) is 0.887. The van der Waals surface area contributed by atoms with Crippen LogP contribution in [0.5, 0.6) is 0 Å². The van der Waals surface area contributed by atoms with Crippen LogP contribution in [0.2, 0.25) is 0 Å². The predicted octanol–water partition coefficient (Wildman–Crippen LogP) is 1.24. The molecule has 0 aliphatic carbocycles. The zero-order chi connectivity index (χ0) is 13.8. The molecule has 2 rings (SSSR count). The second kappa shape index (κ2) is 6.17. The Morgan fingerprint density at radius 3 is 2.74 bits per heavy atom. The highest BCUT2D eigenvalue weighted by Gasteiger charge is 2.33. The van der Waals surface area contributed by atoms with Crippen LogP contribution in [0.25, 0.3) is 0 Å². The number of amides is 1. The van der Waals surface area contributed by atoms with Gasteiger partial charge in [-0.1, -0.05) is 25.1 Å². The summed E-state index contributed by atoms with van der Waals surface area (Å²) in [4.78, 5) is 16.7. The van der Waals surface area contributed by atoms with Crippen molar-refractivity contribution in [3.05, 3.63) is 29.8 Å². The van der Waals surface area contributed by atoms with Crippen molar-refractivity contribution in [1.82, 2.24) is 4.90 Å². The molecule has 0 radical (unpaired) electrons. The van der Waals surface area contributed by atoms with Crippen LogP contribution in [-0.2, 0) is 11.2 Å². The van der Waals surface area contributed by atoms with Crippen LogP contribution in [0.15, 0.2) is 24.3 Å². The SMILES string of the molecule is CCc1ccccc1N1CCN(C)C(CCN)C1=O. The molecule has 4 heteroatoms. The van der Waals surface area contributed by atoms with E-state index in [1.165, 1.54) is 5.56 Å². The first-order valence-corrected chi connectivity index (χ1v) is 6.98. The third-order valence-electron chi connectivity index (χ3n) is 3.86. The number of para-hydroxylation sites is 1. The lowest BCUT2D eigenvalue weighted by Gasteiger charge is -2.39. The molecule has 1 unspecified atom stereocenters. The highest BCUT2D eigenvalue weighted by Crippen LogP contribution is 2.25. The number of carbonyl (C=O) groups is 1. The number of nitrogens with zero attached hydrogens (tertiary/aromatic N) is 2. The molecule has 1 aromatic carbocycles. The summed E-state index contributed by atoms with van der Waals surface area (Å²) in [6.07, 6.45) is 1.66. The first-order chi connectivity index (χ1) is 9.19. The number of benzene rings is 1. The van der Waals surface area contributed by atoms with E-state index in [-0.39, 0.29) is 11.9 Å². The smallest absolute Gasteiger partial charge is 0.244 e. The van der Waals surface area contributed by atoms with E-state index in [9.17, 15) is 4.79 Å². The maximum absolute atomic E-state index is 12.6. The summed E-state index contributed by atoms with van der Waals surface area (Å²) in [5.74, 6) is 0.181. The van der Waals surface area contributed by atoms with Gasteiger partial charge in [0.2, 0.25) is 5.91 Å². The second-order valence-electron chi connectivity index (χ2n) is 5.05. The lowest BCUT2D eigenvalue weighted by atomic mass is 10.0. The number of rotatable bonds is 4. The van der Waals surface area contributed by atoms with Crippen LogP contribution in [-0.4, -0.2) is 43.5 Å². The van der Waals surface area contributed by atoms with Gasteiger partial charge in [-0.05, 0) is 38.1 Å². The fourth-order valence-electron chi connectivity index (χ4n) is 2.71. The molecule has 104 valence electrons. The number of hydrogen-bond donors (Lipinski definition) is 1. The van der Waals surface area contributed by atoms with E-state index in [0.717, 1.165) is 31.6 Å². The van der Waals surface area contributed by atoms with Crippen molar-refractivity contribution < 1.29 is 4.79 Å². The Morgan fingerprint density at radius 2 is 2.05 bits per heavy atom. The standard InChI is InChI=1S/C15H23N3O/c1-3-12-6-4-5-7-13(12)18-11-10-17(2)14(8-9-16)15(18)19/h4-7,14H,3,8-11,16H2,1-2H3. The number of hydrogen-bond acceptors (Lipinski definition) is 3. The van der Waals surface area contributed by atoms with Gasteiger partial charge in [-0.25, -0.2) is 0 Å². The van der Waals surface area contributed by atoms with Gasteiger partial charge < -0.3 is 10.6 Å².